The number of halogens is 1. The number of rotatable bonds is 5. The van der Waals surface area contributed by atoms with E-state index in [9.17, 15) is 4.79 Å². The zero-order valence-electron chi connectivity index (χ0n) is 15.3. The molecule has 0 unspecified atom stereocenters. The molecular weight excluding hydrogens is 376 g/mol. The van der Waals surface area contributed by atoms with Gasteiger partial charge in [0.1, 0.15) is 10.8 Å². The minimum atomic E-state index is -0.153. The van der Waals surface area contributed by atoms with Gasteiger partial charge in [-0.25, -0.2) is 9.97 Å². The zero-order valence-corrected chi connectivity index (χ0v) is 16.1. The first-order valence-electron chi connectivity index (χ1n) is 8.94. The molecule has 3 heterocycles. The van der Waals surface area contributed by atoms with Crippen molar-refractivity contribution in [2.24, 2.45) is 0 Å². The van der Waals surface area contributed by atoms with Crippen LogP contribution in [-0.4, -0.2) is 29.5 Å². The predicted octanol–water partition coefficient (Wildman–Crippen LogP) is 3.95. The van der Waals surface area contributed by atoms with Gasteiger partial charge in [-0.2, -0.15) is 0 Å². The van der Waals surface area contributed by atoms with Gasteiger partial charge in [-0.1, -0.05) is 17.7 Å². The largest absolute Gasteiger partial charge is 0.480 e. The summed E-state index contributed by atoms with van der Waals surface area (Å²) in [6, 6.07) is 11.3. The summed E-state index contributed by atoms with van der Waals surface area (Å²) in [4.78, 5) is 21.2. The number of pyridine rings is 2. The molecule has 1 aromatic carbocycles. The maximum Gasteiger partial charge on any atom is 0.257 e. The van der Waals surface area contributed by atoms with E-state index in [4.69, 9.17) is 16.3 Å². The molecule has 3 aromatic rings. The highest BCUT2D eigenvalue weighted by Gasteiger charge is 2.18. The maximum atomic E-state index is 12.7. The lowest BCUT2D eigenvalue weighted by Crippen LogP contribution is -2.15. The van der Waals surface area contributed by atoms with Gasteiger partial charge >= 0.3 is 0 Å². The number of fused-ring (bicyclic) bond motifs is 1. The number of hydrogen-bond donors (Lipinski definition) is 2. The number of amides is 1. The van der Waals surface area contributed by atoms with E-state index in [2.05, 4.69) is 20.6 Å². The van der Waals surface area contributed by atoms with Gasteiger partial charge in [0.15, 0.2) is 0 Å². The molecule has 1 aliphatic rings. The lowest BCUT2D eigenvalue weighted by atomic mass is 10.0. The lowest BCUT2D eigenvalue weighted by Gasteiger charge is -2.10. The summed E-state index contributed by atoms with van der Waals surface area (Å²) in [5.74, 6) is 0.760. The SMILES string of the molecule is COc1ncc(Cc2ccnc(NC(=O)c3cccc4c3CCN4)c2)cc1Cl. The molecule has 0 bridgehead atoms. The second-order valence-corrected chi connectivity index (χ2v) is 6.93. The van der Waals surface area contributed by atoms with Crippen LogP contribution in [0.15, 0.2) is 48.8 Å². The summed E-state index contributed by atoms with van der Waals surface area (Å²) in [7, 11) is 1.53. The molecule has 142 valence electrons. The molecule has 1 aliphatic heterocycles. The highest BCUT2D eigenvalue weighted by atomic mass is 35.5. The molecule has 2 N–H and O–H groups in total. The Bertz CT molecular complexity index is 1040. The van der Waals surface area contributed by atoms with Gasteiger partial charge in [0.05, 0.1) is 7.11 Å². The van der Waals surface area contributed by atoms with E-state index in [0.717, 1.165) is 35.3 Å². The molecule has 7 heteroatoms. The number of nitrogens with zero attached hydrogens (tertiary/aromatic N) is 2. The van der Waals surface area contributed by atoms with Crippen LogP contribution in [0.4, 0.5) is 11.5 Å². The molecule has 0 saturated carbocycles. The molecule has 0 aliphatic carbocycles. The van der Waals surface area contributed by atoms with Crippen LogP contribution >= 0.6 is 11.6 Å². The summed E-state index contributed by atoms with van der Waals surface area (Å²) >= 11 is 6.15. The smallest absolute Gasteiger partial charge is 0.257 e. The quantitative estimate of drug-likeness (QED) is 0.685. The fourth-order valence-electron chi connectivity index (χ4n) is 3.34. The molecule has 0 spiro atoms. The number of carbonyl (C=O) groups is 1. The third kappa shape index (κ3) is 3.77. The first-order valence-corrected chi connectivity index (χ1v) is 9.32. The minimum Gasteiger partial charge on any atom is -0.480 e. The van der Waals surface area contributed by atoms with E-state index in [-0.39, 0.29) is 5.91 Å². The van der Waals surface area contributed by atoms with Gasteiger partial charge in [-0.3, -0.25) is 4.79 Å². The summed E-state index contributed by atoms with van der Waals surface area (Å²) in [5, 5.41) is 6.66. The average molecular weight is 395 g/mol. The molecule has 2 aromatic heterocycles. The highest BCUT2D eigenvalue weighted by Crippen LogP contribution is 2.26. The lowest BCUT2D eigenvalue weighted by molar-refractivity contribution is 0.102. The van der Waals surface area contributed by atoms with Crippen LogP contribution in [-0.2, 0) is 12.8 Å². The topological polar surface area (TPSA) is 76.1 Å². The van der Waals surface area contributed by atoms with Gasteiger partial charge in [0.2, 0.25) is 5.88 Å². The van der Waals surface area contributed by atoms with Crippen molar-refractivity contribution in [3.63, 3.8) is 0 Å². The molecule has 0 saturated heterocycles. The number of benzene rings is 1. The molecule has 28 heavy (non-hydrogen) atoms. The Kier molecular flexibility index (Phi) is 5.12. The van der Waals surface area contributed by atoms with E-state index in [0.29, 0.717) is 28.7 Å². The molecule has 0 atom stereocenters. The van der Waals surface area contributed by atoms with Crippen LogP contribution < -0.4 is 15.4 Å². The third-order valence-corrected chi connectivity index (χ3v) is 4.91. The number of anilines is 2. The minimum absolute atomic E-state index is 0.153. The summed E-state index contributed by atoms with van der Waals surface area (Å²) in [6.45, 7) is 0.853. The van der Waals surface area contributed by atoms with Crippen molar-refractivity contribution < 1.29 is 9.53 Å². The van der Waals surface area contributed by atoms with Gasteiger partial charge < -0.3 is 15.4 Å². The fraction of sp³-hybridized carbons (Fsp3) is 0.190. The summed E-state index contributed by atoms with van der Waals surface area (Å²) in [5.41, 5.74) is 4.70. The van der Waals surface area contributed by atoms with Crippen molar-refractivity contribution >= 4 is 29.0 Å². The number of methoxy groups -OCH3 is 1. The highest BCUT2D eigenvalue weighted by molar-refractivity contribution is 6.31. The summed E-state index contributed by atoms with van der Waals surface area (Å²) in [6.07, 6.45) is 4.87. The second kappa shape index (κ2) is 7.86. The zero-order chi connectivity index (χ0) is 19.5. The Morgan fingerprint density at radius 1 is 1.25 bits per heavy atom. The Morgan fingerprint density at radius 3 is 2.96 bits per heavy atom. The van der Waals surface area contributed by atoms with Crippen molar-refractivity contribution in [3.8, 4) is 5.88 Å². The Morgan fingerprint density at radius 2 is 2.14 bits per heavy atom. The predicted molar refractivity (Wildman–Crippen MR) is 109 cm³/mol. The van der Waals surface area contributed by atoms with Crippen LogP contribution in [0.25, 0.3) is 0 Å². The Hall–Kier alpha value is -3.12. The molecule has 0 fully saturated rings. The molecular formula is C21H19ClN4O2. The first kappa shape index (κ1) is 18.3. The standard InChI is InChI=1S/C21H19ClN4O2/c1-28-21-17(22)10-14(12-25-21)9-13-5-7-24-19(11-13)26-20(27)16-3-2-4-18-15(16)6-8-23-18/h2-5,7,10-12,23H,6,8-9H2,1H3,(H,24,26,27). The maximum absolute atomic E-state index is 12.7. The number of ether oxygens (including phenoxy) is 1. The van der Waals surface area contributed by atoms with E-state index in [1.54, 1.807) is 12.4 Å². The van der Waals surface area contributed by atoms with Crippen LogP contribution in [0.1, 0.15) is 27.0 Å². The van der Waals surface area contributed by atoms with Crippen molar-refractivity contribution in [3.05, 3.63) is 76.1 Å². The monoisotopic (exact) mass is 394 g/mol. The third-order valence-electron chi connectivity index (χ3n) is 4.64. The van der Waals surface area contributed by atoms with Crippen LogP contribution in [0.5, 0.6) is 5.88 Å². The van der Waals surface area contributed by atoms with Crippen molar-refractivity contribution in [1.82, 2.24) is 9.97 Å². The number of carbonyl (C=O) groups excluding carboxylic acids is 1. The molecule has 6 nitrogen and oxygen atoms in total. The Balaban J connectivity index is 1.51. The Labute approximate surface area is 167 Å². The van der Waals surface area contributed by atoms with Gasteiger partial charge in [-0.15, -0.1) is 0 Å². The van der Waals surface area contributed by atoms with Crippen molar-refractivity contribution in [2.45, 2.75) is 12.8 Å². The summed E-state index contributed by atoms with van der Waals surface area (Å²) < 4.78 is 5.08. The van der Waals surface area contributed by atoms with E-state index in [1.165, 1.54) is 7.11 Å². The van der Waals surface area contributed by atoms with Crippen LogP contribution in [0.3, 0.4) is 0 Å². The van der Waals surface area contributed by atoms with Crippen molar-refractivity contribution in [2.75, 3.05) is 24.3 Å². The van der Waals surface area contributed by atoms with E-state index < -0.39 is 0 Å². The number of nitrogens with one attached hydrogen (secondary N) is 2. The van der Waals surface area contributed by atoms with Gasteiger partial charge in [0, 0.05) is 30.2 Å². The van der Waals surface area contributed by atoms with Crippen molar-refractivity contribution in [1.29, 1.82) is 0 Å². The second-order valence-electron chi connectivity index (χ2n) is 6.52. The van der Waals surface area contributed by atoms with Crippen LogP contribution in [0.2, 0.25) is 5.02 Å². The van der Waals surface area contributed by atoms with Gasteiger partial charge in [-0.05, 0) is 59.9 Å². The normalized spacial score (nSPS) is 12.2. The first-order chi connectivity index (χ1) is 13.6. The van der Waals surface area contributed by atoms with Gasteiger partial charge in [0.25, 0.3) is 5.91 Å². The van der Waals surface area contributed by atoms with E-state index in [1.807, 2.05) is 36.4 Å². The molecule has 1 amide bonds. The number of aromatic nitrogens is 2. The number of hydrogen-bond acceptors (Lipinski definition) is 5. The average Bonchev–Trinajstić information content (AvgIpc) is 3.17. The molecule has 0 radical (unpaired) electrons. The fourth-order valence-corrected chi connectivity index (χ4v) is 3.61. The molecule has 4 rings (SSSR count). The van der Waals surface area contributed by atoms with E-state index >= 15 is 0 Å². The van der Waals surface area contributed by atoms with Crippen LogP contribution in [0, 0.1) is 0 Å².